The number of hydrogen-bond donors (Lipinski definition) is 0. The monoisotopic (exact) mass is 609 g/mol. The Kier molecular flexibility index (Phi) is 5.01. The van der Waals surface area contributed by atoms with Crippen LogP contribution in [0.4, 0.5) is 0 Å². The number of hydrogen-bond acceptors (Lipinski definition) is 0. The third-order valence-electron chi connectivity index (χ3n) is 10.9. The first-order valence-electron chi connectivity index (χ1n) is 16.7. The molecule has 0 saturated heterocycles. The molecule has 0 saturated carbocycles. The van der Waals surface area contributed by atoms with Gasteiger partial charge in [-0.15, -0.1) is 22.9 Å². The Balaban J connectivity index is 1.55. The average molecular weight is 610 g/mol. The molecule has 0 spiro atoms. The Morgan fingerprint density at radius 1 is 0.396 bits per heavy atom. The van der Waals surface area contributed by atoms with Gasteiger partial charge in [0.25, 0.3) is 0 Å². The van der Waals surface area contributed by atoms with Crippen molar-refractivity contribution < 1.29 is 9.13 Å². The lowest BCUT2D eigenvalue weighted by atomic mass is 9.83. The summed E-state index contributed by atoms with van der Waals surface area (Å²) in [5.74, 6) is 0. The number of fused-ring (bicyclic) bond motifs is 4. The normalized spacial score (nSPS) is 12.4. The van der Waals surface area contributed by atoms with Crippen molar-refractivity contribution in [2.24, 2.45) is 14.1 Å². The van der Waals surface area contributed by atoms with E-state index in [0.717, 1.165) is 5.52 Å². The number of aromatic nitrogens is 2. The van der Waals surface area contributed by atoms with E-state index in [9.17, 15) is 0 Å². The van der Waals surface area contributed by atoms with Gasteiger partial charge in [0.1, 0.15) is 19.6 Å². The fourth-order valence-electron chi connectivity index (χ4n) is 8.94. The van der Waals surface area contributed by atoms with Crippen LogP contribution < -0.4 is 9.13 Å². The van der Waals surface area contributed by atoms with Gasteiger partial charge in [0, 0.05) is 16.8 Å². The van der Waals surface area contributed by atoms with Crippen molar-refractivity contribution in [1.29, 1.82) is 0 Å². The minimum absolute atomic E-state index is 1.12. The van der Waals surface area contributed by atoms with E-state index >= 15 is 0 Å². The molecule has 0 bridgehead atoms. The predicted molar refractivity (Wildman–Crippen MR) is 201 cm³/mol. The molecule has 2 heterocycles. The van der Waals surface area contributed by atoms with Crippen LogP contribution in [0.1, 0.15) is 0 Å². The number of benzene rings is 9. The zero-order valence-electron chi connectivity index (χ0n) is 26.7. The van der Waals surface area contributed by atoms with Gasteiger partial charge in [-0.25, -0.2) is 4.57 Å². The number of nitrogens with zero attached hydrogens (tertiary/aromatic N) is 2. The first-order valence-corrected chi connectivity index (χ1v) is 16.7. The fraction of sp³-hybridized carbons (Fsp3) is 0.0435. The van der Waals surface area contributed by atoms with Crippen molar-refractivity contribution in [3.05, 3.63) is 146 Å². The van der Waals surface area contributed by atoms with Gasteiger partial charge in [-0.05, 0) is 38.7 Å². The highest BCUT2D eigenvalue weighted by molar-refractivity contribution is 6.36. The second-order valence-electron chi connectivity index (χ2n) is 13.3. The van der Waals surface area contributed by atoms with Crippen LogP contribution in [0.15, 0.2) is 140 Å². The Bertz CT molecular complexity index is 2860. The van der Waals surface area contributed by atoms with Crippen LogP contribution in [-0.4, -0.2) is 0 Å². The zero-order chi connectivity index (χ0) is 31.7. The predicted octanol–water partition coefficient (Wildman–Crippen LogP) is 10.6. The fourth-order valence-corrected chi connectivity index (χ4v) is 8.94. The lowest BCUT2D eigenvalue weighted by molar-refractivity contribution is -0.618. The lowest BCUT2D eigenvalue weighted by Crippen LogP contribution is -2.34. The van der Waals surface area contributed by atoms with E-state index in [4.69, 9.17) is 0 Å². The summed E-state index contributed by atoms with van der Waals surface area (Å²) >= 11 is 0. The second kappa shape index (κ2) is 9.24. The van der Waals surface area contributed by atoms with Crippen molar-refractivity contribution in [1.82, 2.24) is 0 Å². The first-order chi connectivity index (χ1) is 23.7. The number of rotatable bonds is 2. The third-order valence-corrected chi connectivity index (χ3v) is 10.9. The third kappa shape index (κ3) is 3.17. The summed E-state index contributed by atoms with van der Waals surface area (Å²) < 4.78 is 4.90. The molecule has 9 aromatic carbocycles. The van der Waals surface area contributed by atoms with E-state index in [2.05, 4.69) is 169 Å². The minimum atomic E-state index is 1.12. The van der Waals surface area contributed by atoms with Crippen LogP contribution in [0.5, 0.6) is 0 Å². The van der Waals surface area contributed by atoms with Gasteiger partial charge in [0.2, 0.25) is 16.6 Å². The van der Waals surface area contributed by atoms with Gasteiger partial charge in [-0.1, -0.05) is 121 Å². The Labute approximate surface area is 277 Å². The number of pyridine rings is 2. The number of aryl methyl sites for hydroxylation is 2. The molecule has 0 radical (unpaired) electrons. The molecule has 0 fully saturated rings. The quantitative estimate of drug-likeness (QED) is 0.0797. The van der Waals surface area contributed by atoms with Crippen LogP contribution >= 0.6 is 0 Å². The minimum Gasteiger partial charge on any atom is -0.216 e. The van der Waals surface area contributed by atoms with Gasteiger partial charge in [0.05, 0.1) is 27.3 Å². The Morgan fingerprint density at radius 2 is 0.896 bits per heavy atom. The summed E-state index contributed by atoms with van der Waals surface area (Å²) in [7, 11) is 4.51. The Morgan fingerprint density at radius 3 is 1.50 bits per heavy atom. The van der Waals surface area contributed by atoms with E-state index in [0.29, 0.717) is 0 Å². The molecule has 48 heavy (non-hydrogen) atoms. The molecular formula is C46H29N2+. The van der Waals surface area contributed by atoms with Crippen LogP contribution in [0.25, 0.3) is 109 Å². The van der Waals surface area contributed by atoms with E-state index in [1.54, 1.807) is 0 Å². The summed E-state index contributed by atoms with van der Waals surface area (Å²) in [5.41, 5.74) is 9.80. The van der Waals surface area contributed by atoms with Gasteiger partial charge < -0.3 is 0 Å². The molecule has 222 valence electrons. The van der Waals surface area contributed by atoms with E-state index in [1.165, 1.54) is 103 Å². The molecule has 2 nitrogen and oxygen atoms in total. The average Bonchev–Trinajstić information content (AvgIpc) is 3.14. The van der Waals surface area contributed by atoms with Gasteiger partial charge in [0.15, 0.2) is 0 Å². The molecular weight excluding hydrogens is 581 g/mol. The molecule has 2 heteroatoms. The molecule has 0 N–H and O–H groups in total. The van der Waals surface area contributed by atoms with Crippen LogP contribution in [-0.2, 0) is 14.1 Å². The summed E-state index contributed by atoms with van der Waals surface area (Å²) in [6.07, 6.45) is 0. The topological polar surface area (TPSA) is 7.76 Å². The lowest BCUT2D eigenvalue weighted by Gasteiger charge is -2.22. The van der Waals surface area contributed by atoms with Crippen molar-refractivity contribution in [2.75, 3.05) is 0 Å². The summed E-state index contributed by atoms with van der Waals surface area (Å²) in [5, 5.41) is 15.4. The maximum Gasteiger partial charge on any atom is 0.223 e. The molecule has 0 amide bonds. The molecule has 2 aromatic heterocycles. The molecule has 11 aromatic rings. The molecule has 0 aliphatic carbocycles. The Hall–Kier alpha value is -6.12. The van der Waals surface area contributed by atoms with Crippen LogP contribution in [0.3, 0.4) is 0 Å². The first kappa shape index (κ1) is 26.0. The van der Waals surface area contributed by atoms with Gasteiger partial charge >= 0.3 is 0 Å². The van der Waals surface area contributed by atoms with Crippen molar-refractivity contribution >= 4 is 86.7 Å². The molecule has 0 unspecified atom stereocenters. The highest BCUT2D eigenvalue weighted by Crippen LogP contribution is 2.49. The molecule has 0 aliphatic heterocycles. The molecule has 0 atom stereocenters. The van der Waals surface area contributed by atoms with Crippen molar-refractivity contribution in [3.8, 4) is 22.3 Å². The maximum atomic E-state index is 3.76. The summed E-state index contributed by atoms with van der Waals surface area (Å²) in [6, 6.07) is 55.2. The van der Waals surface area contributed by atoms with E-state index in [1.807, 2.05) is 0 Å². The molecule has 0 aliphatic rings. The van der Waals surface area contributed by atoms with Crippen LogP contribution in [0.2, 0.25) is 0 Å². The van der Waals surface area contributed by atoms with Crippen molar-refractivity contribution in [3.63, 3.8) is 0 Å². The highest BCUT2D eigenvalue weighted by atomic mass is 15.0. The zero-order valence-corrected chi connectivity index (χ0v) is 26.7. The van der Waals surface area contributed by atoms with Crippen molar-refractivity contribution in [2.45, 2.75) is 0 Å². The SMILES string of the molecule is C[n+]1c2[c-]cc3cccc4ccc(c5c(-c6ccccc6)c6c(c(-c7ccccc7)c51)c1ccc5cccc7ccc(c1c57)[n+]6C)c2c34. The highest BCUT2D eigenvalue weighted by Gasteiger charge is 2.32. The van der Waals surface area contributed by atoms with Gasteiger partial charge in [-0.2, -0.15) is 10.6 Å². The summed E-state index contributed by atoms with van der Waals surface area (Å²) in [4.78, 5) is 0. The second-order valence-corrected chi connectivity index (χ2v) is 13.3. The molecule has 11 rings (SSSR count). The van der Waals surface area contributed by atoms with E-state index < -0.39 is 0 Å². The van der Waals surface area contributed by atoms with E-state index in [-0.39, 0.29) is 0 Å². The van der Waals surface area contributed by atoms with Gasteiger partial charge in [-0.3, -0.25) is 0 Å². The van der Waals surface area contributed by atoms with Crippen LogP contribution in [0, 0.1) is 6.07 Å². The standard InChI is InChI=1S/C46H29N2/c1-47-35-25-21-31-17-9-15-29-19-23-33(41(35)37(29)31)43-40(28-13-7-4-8-14-28)46-44(39(45(43)47)27-11-5-3-6-12-27)34-24-20-30-16-10-18-32-22-26-36(48(46)2)42(34)38(30)32/h3-25H,1-2H3/q+1. The summed E-state index contributed by atoms with van der Waals surface area (Å²) in [6.45, 7) is 0. The smallest absolute Gasteiger partial charge is 0.216 e. The maximum absolute atomic E-state index is 3.76. The largest absolute Gasteiger partial charge is 0.223 e.